The molecule has 0 aliphatic carbocycles. The summed E-state index contributed by atoms with van der Waals surface area (Å²) in [4.78, 5) is 2.55. The molecule has 1 aromatic carbocycles. The lowest BCUT2D eigenvalue weighted by Gasteiger charge is -2.36. The molecule has 9 heteroatoms. The number of hydrogen-bond donors (Lipinski definition) is 2. The van der Waals surface area contributed by atoms with Gasteiger partial charge >= 0.3 is 0 Å². The molecular weight excluding hydrogens is 421 g/mol. The van der Waals surface area contributed by atoms with Crippen LogP contribution in [-0.2, 0) is 0 Å². The van der Waals surface area contributed by atoms with Crippen LogP contribution < -0.4 is 11.1 Å². The first-order valence-electron chi connectivity index (χ1n) is 9.24. The van der Waals surface area contributed by atoms with Crippen LogP contribution in [0.1, 0.15) is 37.3 Å². The predicted octanol–water partition coefficient (Wildman–Crippen LogP) is 4.73. The Balaban J connectivity index is 1.38. The molecule has 1 saturated heterocycles. The smallest absolute Gasteiger partial charge is 0.203 e. The van der Waals surface area contributed by atoms with Gasteiger partial charge in [0.2, 0.25) is 5.13 Å². The Kier molecular flexibility index (Phi) is 8.48. The monoisotopic (exact) mass is 445 g/mol. The van der Waals surface area contributed by atoms with Crippen LogP contribution in [0.3, 0.4) is 0 Å². The minimum absolute atomic E-state index is 0.341. The third-order valence-corrected chi connectivity index (χ3v) is 7.02. The highest BCUT2D eigenvalue weighted by atomic mass is 35.5. The first-order valence-corrected chi connectivity index (χ1v) is 11.8. The molecule has 2 heterocycles. The minimum Gasteiger partial charge on any atom is -0.374 e. The van der Waals surface area contributed by atoms with Gasteiger partial charge in [-0.3, -0.25) is 4.90 Å². The maximum atomic E-state index is 6.20. The number of anilines is 1. The molecule has 5 nitrogen and oxygen atoms in total. The van der Waals surface area contributed by atoms with Crippen molar-refractivity contribution in [3.63, 3.8) is 0 Å². The maximum Gasteiger partial charge on any atom is 0.203 e. The van der Waals surface area contributed by atoms with Crippen LogP contribution in [0.25, 0.3) is 0 Å². The molecule has 1 aliphatic heterocycles. The molecule has 2 aromatic rings. The molecule has 148 valence electrons. The topological polar surface area (TPSA) is 67.1 Å². The molecule has 3 rings (SSSR count). The van der Waals surface area contributed by atoms with E-state index in [-0.39, 0.29) is 0 Å². The molecule has 0 radical (unpaired) electrons. The summed E-state index contributed by atoms with van der Waals surface area (Å²) < 4.78 is 0.969. The Morgan fingerprint density at radius 2 is 1.93 bits per heavy atom. The summed E-state index contributed by atoms with van der Waals surface area (Å²) in [5.74, 6) is 1.08. The quantitative estimate of drug-likeness (QED) is 0.429. The van der Waals surface area contributed by atoms with Gasteiger partial charge in [0.25, 0.3) is 0 Å². The van der Waals surface area contributed by atoms with Gasteiger partial charge in [0.15, 0.2) is 4.34 Å². The third-order valence-electron chi connectivity index (χ3n) is 4.61. The maximum absolute atomic E-state index is 6.20. The van der Waals surface area contributed by atoms with Crippen molar-refractivity contribution >= 4 is 51.4 Å². The van der Waals surface area contributed by atoms with Crippen molar-refractivity contribution in [1.29, 1.82) is 0 Å². The van der Waals surface area contributed by atoms with E-state index in [1.807, 2.05) is 12.1 Å². The fourth-order valence-electron chi connectivity index (χ4n) is 3.32. The number of nitrogens with one attached hydrogen (secondary N) is 1. The van der Waals surface area contributed by atoms with Gasteiger partial charge in [-0.2, -0.15) is 0 Å². The summed E-state index contributed by atoms with van der Waals surface area (Å²) in [7, 11) is 0. The normalized spacial score (nSPS) is 18.1. The number of thioether (sulfide) groups is 1. The SMILES string of the molecule is Nc1nnc(SCCCCCCN2CCNCC2c2cc(Cl)cc(Cl)c2)s1. The van der Waals surface area contributed by atoms with Crippen molar-refractivity contribution in [1.82, 2.24) is 20.4 Å². The molecule has 0 bridgehead atoms. The molecule has 27 heavy (non-hydrogen) atoms. The van der Waals surface area contributed by atoms with E-state index >= 15 is 0 Å². The van der Waals surface area contributed by atoms with Gasteiger partial charge in [-0.1, -0.05) is 59.1 Å². The van der Waals surface area contributed by atoms with Crippen LogP contribution in [0.4, 0.5) is 5.13 Å². The Labute approximate surface area is 179 Å². The molecule has 1 fully saturated rings. The third kappa shape index (κ3) is 6.76. The van der Waals surface area contributed by atoms with Crippen molar-refractivity contribution < 1.29 is 0 Å². The standard InChI is InChI=1S/C18H25Cl2N5S2/c19-14-9-13(10-15(20)11-14)16-12-22-5-7-25(16)6-3-1-2-4-8-26-18-24-23-17(21)27-18/h9-11,16,22H,1-8,12H2,(H2,21,23). The summed E-state index contributed by atoms with van der Waals surface area (Å²) >= 11 is 15.6. The van der Waals surface area contributed by atoms with Crippen molar-refractivity contribution in [2.24, 2.45) is 0 Å². The number of unbranched alkanes of at least 4 members (excludes halogenated alkanes) is 3. The second-order valence-electron chi connectivity index (χ2n) is 6.63. The summed E-state index contributed by atoms with van der Waals surface area (Å²) in [6.45, 7) is 4.14. The summed E-state index contributed by atoms with van der Waals surface area (Å²) in [5.41, 5.74) is 6.80. The van der Waals surface area contributed by atoms with Crippen molar-refractivity contribution in [2.45, 2.75) is 36.1 Å². The number of benzene rings is 1. The highest BCUT2D eigenvalue weighted by Crippen LogP contribution is 2.28. The van der Waals surface area contributed by atoms with Gasteiger partial charge < -0.3 is 11.1 Å². The van der Waals surface area contributed by atoms with E-state index in [4.69, 9.17) is 28.9 Å². The number of nitrogens with zero attached hydrogens (tertiary/aromatic N) is 3. The Hall–Kier alpha value is -0.570. The molecule has 1 atom stereocenters. The van der Waals surface area contributed by atoms with Crippen molar-refractivity contribution in [3.8, 4) is 0 Å². The number of piperazine rings is 1. The van der Waals surface area contributed by atoms with Gasteiger partial charge in [0.05, 0.1) is 0 Å². The molecule has 0 spiro atoms. The summed E-state index contributed by atoms with van der Waals surface area (Å²) in [5, 5.41) is 13.3. The number of hydrogen-bond acceptors (Lipinski definition) is 7. The van der Waals surface area contributed by atoms with Gasteiger partial charge in [0.1, 0.15) is 0 Å². The Bertz CT molecular complexity index is 707. The molecular formula is C18H25Cl2N5S2. The van der Waals surface area contributed by atoms with Crippen molar-refractivity contribution in [2.75, 3.05) is 37.7 Å². The van der Waals surface area contributed by atoms with Crippen molar-refractivity contribution in [3.05, 3.63) is 33.8 Å². The van der Waals surface area contributed by atoms with Crippen LogP contribution in [0.15, 0.2) is 22.5 Å². The first-order chi connectivity index (χ1) is 13.1. The van der Waals surface area contributed by atoms with E-state index in [0.717, 1.165) is 36.3 Å². The van der Waals surface area contributed by atoms with Gasteiger partial charge in [0, 0.05) is 41.5 Å². The summed E-state index contributed by atoms with van der Waals surface area (Å²) in [6, 6.07) is 6.21. The van der Waals surface area contributed by atoms with E-state index in [0.29, 0.717) is 21.2 Å². The van der Waals surface area contributed by atoms with Crippen LogP contribution in [0, 0.1) is 0 Å². The largest absolute Gasteiger partial charge is 0.374 e. The molecule has 1 unspecified atom stereocenters. The van der Waals surface area contributed by atoms with Gasteiger partial charge in [-0.25, -0.2) is 0 Å². The molecule has 3 N–H and O–H groups in total. The lowest BCUT2D eigenvalue weighted by atomic mass is 10.0. The number of halogens is 2. The zero-order valence-electron chi connectivity index (χ0n) is 15.2. The zero-order valence-corrected chi connectivity index (χ0v) is 18.3. The second kappa shape index (κ2) is 10.8. The highest BCUT2D eigenvalue weighted by Gasteiger charge is 2.23. The average Bonchev–Trinajstić information content (AvgIpc) is 3.05. The van der Waals surface area contributed by atoms with Crippen LogP contribution >= 0.6 is 46.3 Å². The summed E-state index contributed by atoms with van der Waals surface area (Å²) in [6.07, 6.45) is 4.88. The predicted molar refractivity (Wildman–Crippen MR) is 117 cm³/mol. The average molecular weight is 446 g/mol. The van der Waals surface area contributed by atoms with Gasteiger partial charge in [-0.15, -0.1) is 10.2 Å². The second-order valence-corrected chi connectivity index (χ2v) is 9.85. The van der Waals surface area contributed by atoms with E-state index in [2.05, 4.69) is 20.4 Å². The number of nitrogens with two attached hydrogens (primary N) is 1. The zero-order chi connectivity index (χ0) is 19.1. The fourth-order valence-corrected chi connectivity index (χ4v) is 5.57. The Morgan fingerprint density at radius 3 is 2.67 bits per heavy atom. The lowest BCUT2D eigenvalue weighted by Crippen LogP contribution is -2.46. The number of aromatic nitrogens is 2. The lowest BCUT2D eigenvalue weighted by molar-refractivity contribution is 0.159. The van der Waals surface area contributed by atoms with E-state index in [9.17, 15) is 0 Å². The minimum atomic E-state index is 0.341. The van der Waals surface area contributed by atoms with E-state index < -0.39 is 0 Å². The van der Waals surface area contributed by atoms with E-state index in [1.54, 1.807) is 17.8 Å². The van der Waals surface area contributed by atoms with Crippen LogP contribution in [0.2, 0.25) is 10.0 Å². The Morgan fingerprint density at radius 1 is 1.15 bits per heavy atom. The molecule has 1 aliphatic rings. The van der Waals surface area contributed by atoms with Gasteiger partial charge in [-0.05, 0) is 43.1 Å². The first kappa shape index (κ1) is 21.1. The molecule has 0 amide bonds. The number of rotatable bonds is 9. The van der Waals surface area contributed by atoms with E-state index in [1.165, 1.54) is 42.6 Å². The van der Waals surface area contributed by atoms with Crippen LogP contribution in [-0.4, -0.2) is 47.0 Å². The molecule has 1 aromatic heterocycles. The van der Waals surface area contributed by atoms with Crippen LogP contribution in [0.5, 0.6) is 0 Å². The number of nitrogen functional groups attached to an aromatic ring is 1. The highest BCUT2D eigenvalue weighted by molar-refractivity contribution is 8.01. The fraction of sp³-hybridized carbons (Fsp3) is 0.556. The molecule has 0 saturated carbocycles.